The zero-order valence-electron chi connectivity index (χ0n) is 5.45. The molecule has 0 bridgehead atoms. The molecule has 10 heavy (non-hydrogen) atoms. The number of aromatic nitrogens is 1. The zero-order chi connectivity index (χ0) is 6.81. The molecule has 0 saturated heterocycles. The lowest BCUT2D eigenvalue weighted by Gasteiger charge is -1.72. The standard InChI is InChI=1S/C8H7NS/c1-2-4-7-6-9-10-8(7)5-3-1/h1-2,4-6H,3H2. The molecule has 2 heteroatoms. The van der Waals surface area contributed by atoms with Gasteiger partial charge in [-0.05, 0) is 18.0 Å². The van der Waals surface area contributed by atoms with Crippen molar-refractivity contribution in [3.8, 4) is 0 Å². The first-order chi connectivity index (χ1) is 4.97. The lowest BCUT2D eigenvalue weighted by Crippen LogP contribution is -2.15. The largest absolute Gasteiger partial charge is 0.200 e. The van der Waals surface area contributed by atoms with Crippen molar-refractivity contribution in [2.45, 2.75) is 6.42 Å². The highest BCUT2D eigenvalue weighted by Gasteiger charge is 1.88. The van der Waals surface area contributed by atoms with Crippen molar-refractivity contribution < 1.29 is 0 Å². The number of nitrogens with zero attached hydrogens (tertiary/aromatic N) is 1. The highest BCUT2D eigenvalue weighted by molar-refractivity contribution is 7.03. The second-order valence-electron chi connectivity index (χ2n) is 2.18. The molecule has 0 fully saturated rings. The van der Waals surface area contributed by atoms with Crippen LogP contribution in [0.1, 0.15) is 6.42 Å². The smallest absolute Gasteiger partial charge is 0.0513 e. The molecule has 0 aromatic carbocycles. The van der Waals surface area contributed by atoms with Crippen molar-refractivity contribution in [1.29, 1.82) is 0 Å². The number of allylic oxidation sites excluding steroid dienone is 2. The van der Waals surface area contributed by atoms with Crippen LogP contribution in [0.2, 0.25) is 0 Å². The Hall–Kier alpha value is -0.890. The van der Waals surface area contributed by atoms with Gasteiger partial charge >= 0.3 is 0 Å². The van der Waals surface area contributed by atoms with E-state index in [-0.39, 0.29) is 0 Å². The summed E-state index contributed by atoms with van der Waals surface area (Å²) < 4.78 is 5.39. The van der Waals surface area contributed by atoms with Crippen LogP contribution in [0, 0.1) is 0 Å². The van der Waals surface area contributed by atoms with Crippen molar-refractivity contribution in [2.24, 2.45) is 0 Å². The van der Waals surface area contributed by atoms with E-state index in [1.165, 1.54) is 9.75 Å². The quantitative estimate of drug-likeness (QED) is 0.528. The molecule has 0 radical (unpaired) electrons. The number of hydrogen-bond acceptors (Lipinski definition) is 2. The molecule has 2 rings (SSSR count). The summed E-state index contributed by atoms with van der Waals surface area (Å²) in [5.41, 5.74) is 0. The summed E-state index contributed by atoms with van der Waals surface area (Å²) in [5.74, 6) is 0. The summed E-state index contributed by atoms with van der Waals surface area (Å²) in [4.78, 5) is 0. The van der Waals surface area contributed by atoms with Gasteiger partial charge in [-0.2, -0.15) is 4.37 Å². The average molecular weight is 149 g/mol. The molecule has 0 N–H and O–H groups in total. The summed E-state index contributed by atoms with van der Waals surface area (Å²) >= 11 is 1.56. The van der Waals surface area contributed by atoms with Gasteiger partial charge in [-0.3, -0.25) is 0 Å². The normalized spacial score (nSPS) is 14.8. The van der Waals surface area contributed by atoms with Crippen LogP contribution in [-0.2, 0) is 0 Å². The van der Waals surface area contributed by atoms with Crippen molar-refractivity contribution in [2.75, 3.05) is 0 Å². The summed E-state index contributed by atoms with van der Waals surface area (Å²) in [5, 5.41) is 1.25. The summed E-state index contributed by atoms with van der Waals surface area (Å²) in [6.07, 6.45) is 11.5. The van der Waals surface area contributed by atoms with Gasteiger partial charge in [-0.1, -0.05) is 24.3 Å². The number of rotatable bonds is 0. The molecule has 0 spiro atoms. The minimum Gasteiger partial charge on any atom is -0.200 e. The first-order valence-corrected chi connectivity index (χ1v) is 4.02. The zero-order valence-corrected chi connectivity index (χ0v) is 6.27. The maximum absolute atomic E-state index is 4.09. The highest BCUT2D eigenvalue weighted by atomic mass is 32.1. The first-order valence-electron chi connectivity index (χ1n) is 3.24. The van der Waals surface area contributed by atoms with Gasteiger partial charge in [0.25, 0.3) is 0 Å². The number of hydrogen-bond donors (Lipinski definition) is 0. The molecule has 1 nitrogen and oxygen atoms in total. The molecule has 0 aliphatic heterocycles. The van der Waals surface area contributed by atoms with E-state index in [1.807, 2.05) is 6.20 Å². The lowest BCUT2D eigenvalue weighted by molar-refractivity contribution is 1.50. The average Bonchev–Trinajstić information content (AvgIpc) is 2.28. The van der Waals surface area contributed by atoms with E-state index in [1.54, 1.807) is 11.5 Å². The van der Waals surface area contributed by atoms with Gasteiger partial charge in [0, 0.05) is 11.4 Å². The van der Waals surface area contributed by atoms with E-state index in [4.69, 9.17) is 0 Å². The molecular formula is C8H7NS. The molecular weight excluding hydrogens is 142 g/mol. The molecule has 1 aromatic rings. The topological polar surface area (TPSA) is 12.9 Å². The van der Waals surface area contributed by atoms with Gasteiger partial charge in [-0.25, -0.2) is 0 Å². The fourth-order valence-electron chi connectivity index (χ4n) is 0.962. The fraction of sp³-hybridized carbons (Fsp3) is 0.125. The van der Waals surface area contributed by atoms with Gasteiger partial charge in [0.15, 0.2) is 0 Å². The van der Waals surface area contributed by atoms with Crippen LogP contribution in [0.4, 0.5) is 0 Å². The monoisotopic (exact) mass is 149 g/mol. The Bertz CT molecular complexity index is 359. The van der Waals surface area contributed by atoms with Crippen molar-refractivity contribution >= 4 is 23.7 Å². The van der Waals surface area contributed by atoms with Gasteiger partial charge in [0.2, 0.25) is 0 Å². The molecule has 0 unspecified atom stereocenters. The second kappa shape index (κ2) is 2.39. The first kappa shape index (κ1) is 5.86. The predicted molar refractivity (Wildman–Crippen MR) is 44.1 cm³/mol. The predicted octanol–water partition coefficient (Wildman–Crippen LogP) is 0.664. The Labute approximate surface area is 63.2 Å². The van der Waals surface area contributed by atoms with Crippen LogP contribution in [0.3, 0.4) is 0 Å². The fourth-order valence-corrected chi connectivity index (χ4v) is 1.64. The van der Waals surface area contributed by atoms with E-state index in [9.17, 15) is 0 Å². The molecule has 0 amide bonds. The molecule has 50 valence electrons. The van der Waals surface area contributed by atoms with Crippen LogP contribution in [0.15, 0.2) is 18.3 Å². The van der Waals surface area contributed by atoms with Crippen LogP contribution < -0.4 is 9.75 Å². The molecule has 1 aliphatic rings. The number of fused-ring (bicyclic) bond motifs is 1. The molecule has 0 atom stereocenters. The second-order valence-corrected chi connectivity index (χ2v) is 3.01. The Morgan fingerprint density at radius 3 is 3.50 bits per heavy atom. The van der Waals surface area contributed by atoms with Crippen LogP contribution in [0.25, 0.3) is 12.2 Å². The maximum atomic E-state index is 4.09. The van der Waals surface area contributed by atoms with Crippen LogP contribution in [0.5, 0.6) is 0 Å². The minimum atomic E-state index is 1.03. The molecule has 1 aliphatic carbocycles. The van der Waals surface area contributed by atoms with E-state index in [0.29, 0.717) is 0 Å². The Morgan fingerprint density at radius 1 is 1.50 bits per heavy atom. The van der Waals surface area contributed by atoms with Gasteiger partial charge in [0.05, 0.1) is 4.53 Å². The van der Waals surface area contributed by atoms with Crippen LogP contribution >= 0.6 is 11.5 Å². The van der Waals surface area contributed by atoms with Gasteiger partial charge in [-0.15, -0.1) is 0 Å². The maximum Gasteiger partial charge on any atom is 0.0513 e. The van der Waals surface area contributed by atoms with E-state index >= 15 is 0 Å². The molecule has 1 heterocycles. The third-order valence-corrected chi connectivity index (χ3v) is 2.29. The SMILES string of the molecule is C1=CCC=c2sncc2=C1. The van der Waals surface area contributed by atoms with Crippen molar-refractivity contribution in [3.63, 3.8) is 0 Å². The lowest BCUT2D eigenvalue weighted by atomic mass is 10.4. The van der Waals surface area contributed by atoms with Gasteiger partial charge < -0.3 is 0 Å². The summed E-state index contributed by atoms with van der Waals surface area (Å²) in [7, 11) is 0. The third kappa shape index (κ3) is 0.907. The summed E-state index contributed by atoms with van der Waals surface area (Å²) in [6.45, 7) is 0. The van der Waals surface area contributed by atoms with E-state index in [2.05, 4.69) is 28.7 Å². The van der Waals surface area contributed by atoms with Crippen LogP contribution in [-0.4, -0.2) is 4.37 Å². The Balaban J connectivity index is 2.82. The minimum absolute atomic E-state index is 1.03. The Kier molecular flexibility index (Phi) is 1.40. The van der Waals surface area contributed by atoms with Crippen molar-refractivity contribution in [3.05, 3.63) is 28.1 Å². The van der Waals surface area contributed by atoms with E-state index < -0.39 is 0 Å². The third-order valence-electron chi connectivity index (χ3n) is 1.48. The summed E-state index contributed by atoms with van der Waals surface area (Å²) in [6, 6.07) is 0. The highest BCUT2D eigenvalue weighted by Crippen LogP contribution is 1.89. The molecule has 1 aromatic heterocycles. The molecule has 0 saturated carbocycles. The van der Waals surface area contributed by atoms with Gasteiger partial charge in [0.1, 0.15) is 0 Å². The van der Waals surface area contributed by atoms with E-state index in [0.717, 1.165) is 6.42 Å². The Morgan fingerprint density at radius 2 is 2.50 bits per heavy atom. The van der Waals surface area contributed by atoms with Crippen molar-refractivity contribution in [1.82, 2.24) is 4.37 Å².